The van der Waals surface area contributed by atoms with E-state index in [2.05, 4.69) is 30.6 Å². The molecule has 4 fully saturated rings. The molecule has 63 heavy (non-hydrogen) atoms. The van der Waals surface area contributed by atoms with Crippen LogP contribution in [0.1, 0.15) is 88.3 Å². The number of aromatic nitrogens is 3. The SMILES string of the molecule is N#Cc1ccc(OC2CCC(NC(=O)c3ccc(N4CC5(CCN(CCOc6ccc7c8c(n(CC(F)F)c7c6)C(=O)N(C6CCC(=O)NC6=O)C8=O)CC5)C4)nn3)CC2)cc1Cl. The number of hydrogen-bond acceptors (Lipinski definition) is 12. The monoisotopic (exact) mass is 883 g/mol. The molecule has 4 aliphatic heterocycles. The Morgan fingerprint density at radius 3 is 2.41 bits per heavy atom. The van der Waals surface area contributed by atoms with Gasteiger partial charge in [-0.2, -0.15) is 5.26 Å². The number of nitrogens with zero attached hydrogens (tertiary/aromatic N) is 7. The number of carbonyl (C=O) groups excluding carboxylic acids is 5. The number of hydrogen-bond donors (Lipinski definition) is 2. The third kappa shape index (κ3) is 8.39. The number of anilines is 1. The largest absolute Gasteiger partial charge is 0.492 e. The highest BCUT2D eigenvalue weighted by molar-refractivity contribution is 6.32. The van der Waals surface area contributed by atoms with Gasteiger partial charge in [0, 0.05) is 55.0 Å². The Bertz CT molecular complexity index is 2520. The van der Waals surface area contributed by atoms with Crippen molar-refractivity contribution in [2.45, 2.75) is 82.5 Å². The second kappa shape index (κ2) is 17.2. The molecule has 6 heterocycles. The van der Waals surface area contributed by atoms with Crippen molar-refractivity contribution in [2.75, 3.05) is 44.2 Å². The first-order valence-corrected chi connectivity index (χ1v) is 21.5. The van der Waals surface area contributed by atoms with Crippen LogP contribution in [0.2, 0.25) is 5.02 Å². The molecule has 1 aliphatic carbocycles. The van der Waals surface area contributed by atoms with Gasteiger partial charge in [-0.05, 0) is 94.4 Å². The fourth-order valence-electron chi connectivity index (χ4n) is 9.56. The minimum Gasteiger partial charge on any atom is -0.492 e. The number of rotatable bonds is 12. The number of alkyl halides is 2. The lowest BCUT2D eigenvalue weighted by atomic mass is 9.72. The maximum atomic E-state index is 13.9. The number of halogens is 3. The second-order valence-electron chi connectivity index (χ2n) is 17.0. The van der Waals surface area contributed by atoms with Gasteiger partial charge in [0.2, 0.25) is 11.8 Å². The topological polar surface area (TPSA) is 192 Å². The summed E-state index contributed by atoms with van der Waals surface area (Å²) in [5.74, 6) is -1.38. The van der Waals surface area contributed by atoms with Crippen molar-refractivity contribution in [3.63, 3.8) is 0 Å². The summed E-state index contributed by atoms with van der Waals surface area (Å²) >= 11 is 6.14. The molecule has 2 aromatic heterocycles. The van der Waals surface area contributed by atoms with Crippen LogP contribution >= 0.6 is 11.6 Å². The molecule has 0 bridgehead atoms. The van der Waals surface area contributed by atoms with E-state index in [-0.39, 0.29) is 58.8 Å². The third-order valence-electron chi connectivity index (χ3n) is 13.0. The lowest BCUT2D eigenvalue weighted by molar-refractivity contribution is -0.136. The summed E-state index contributed by atoms with van der Waals surface area (Å²) < 4.78 is 41.0. The molecular formula is C44H44ClF2N9O7. The van der Waals surface area contributed by atoms with Crippen molar-refractivity contribution >= 4 is 57.9 Å². The molecule has 4 aromatic rings. The highest BCUT2D eigenvalue weighted by Gasteiger charge is 2.48. The first-order valence-electron chi connectivity index (χ1n) is 21.2. The summed E-state index contributed by atoms with van der Waals surface area (Å²) in [4.78, 5) is 69.6. The Kier molecular flexibility index (Phi) is 11.5. The lowest BCUT2D eigenvalue weighted by Gasteiger charge is -2.54. The van der Waals surface area contributed by atoms with Crippen LogP contribution in [0.5, 0.6) is 11.5 Å². The van der Waals surface area contributed by atoms with Gasteiger partial charge in [-0.1, -0.05) is 11.6 Å². The van der Waals surface area contributed by atoms with Gasteiger partial charge in [0.05, 0.1) is 34.3 Å². The Balaban J connectivity index is 0.723. The zero-order valence-electron chi connectivity index (χ0n) is 34.2. The van der Waals surface area contributed by atoms with Gasteiger partial charge in [-0.3, -0.25) is 39.1 Å². The highest BCUT2D eigenvalue weighted by Crippen LogP contribution is 2.42. The zero-order valence-corrected chi connectivity index (χ0v) is 34.9. The summed E-state index contributed by atoms with van der Waals surface area (Å²) in [5, 5.41) is 23.6. The van der Waals surface area contributed by atoms with Crippen LogP contribution in [0.25, 0.3) is 10.9 Å². The molecule has 1 spiro atoms. The summed E-state index contributed by atoms with van der Waals surface area (Å²) in [6.07, 6.45) is 2.11. The molecule has 5 amide bonds. The van der Waals surface area contributed by atoms with Gasteiger partial charge in [-0.25, -0.2) is 8.78 Å². The predicted molar refractivity (Wildman–Crippen MR) is 223 cm³/mol. The van der Waals surface area contributed by atoms with E-state index < -0.39 is 42.6 Å². The van der Waals surface area contributed by atoms with Crippen LogP contribution in [0.4, 0.5) is 14.6 Å². The fourth-order valence-corrected chi connectivity index (χ4v) is 9.77. The summed E-state index contributed by atoms with van der Waals surface area (Å²) in [7, 11) is 0. The average molecular weight is 884 g/mol. The first kappa shape index (κ1) is 42.1. The minimum absolute atomic E-state index is 0.00243. The van der Waals surface area contributed by atoms with Crippen molar-refractivity contribution in [1.82, 2.24) is 35.2 Å². The molecule has 5 aliphatic rings. The quantitative estimate of drug-likeness (QED) is 0.187. The van der Waals surface area contributed by atoms with Crippen LogP contribution in [0.3, 0.4) is 0 Å². The van der Waals surface area contributed by atoms with Gasteiger partial charge in [-0.15, -0.1) is 10.2 Å². The molecule has 2 N–H and O–H groups in total. The van der Waals surface area contributed by atoms with Crippen molar-refractivity contribution in [3.05, 3.63) is 76.1 Å². The van der Waals surface area contributed by atoms with Gasteiger partial charge < -0.3 is 24.3 Å². The number of fused-ring (bicyclic) bond motifs is 3. The number of nitrogens with one attached hydrogen (secondary N) is 2. The van der Waals surface area contributed by atoms with Crippen molar-refractivity contribution in [2.24, 2.45) is 5.41 Å². The third-order valence-corrected chi connectivity index (χ3v) is 13.3. The molecular weight excluding hydrogens is 840 g/mol. The van der Waals surface area contributed by atoms with Crippen LogP contribution in [0.15, 0.2) is 48.5 Å². The fraction of sp³-hybridized carbons (Fsp3) is 0.455. The molecule has 16 nitrogen and oxygen atoms in total. The highest BCUT2D eigenvalue weighted by atomic mass is 35.5. The maximum Gasteiger partial charge on any atom is 0.278 e. The van der Waals surface area contributed by atoms with E-state index in [0.717, 1.165) is 80.0 Å². The van der Waals surface area contributed by atoms with E-state index in [1.54, 1.807) is 42.5 Å². The number of carbonyl (C=O) groups is 5. The number of ether oxygens (including phenoxy) is 2. The maximum absolute atomic E-state index is 13.9. The number of imide groups is 2. The van der Waals surface area contributed by atoms with Gasteiger partial charge in [0.1, 0.15) is 35.9 Å². The molecule has 2 aromatic carbocycles. The number of likely N-dealkylation sites (tertiary alicyclic amines) is 1. The summed E-state index contributed by atoms with van der Waals surface area (Å²) in [6.45, 7) is 3.57. The summed E-state index contributed by atoms with van der Waals surface area (Å²) in [6, 6.07) is 14.2. The predicted octanol–water partition coefficient (Wildman–Crippen LogP) is 4.72. The van der Waals surface area contributed by atoms with E-state index in [4.69, 9.17) is 26.3 Å². The van der Waals surface area contributed by atoms with Crippen LogP contribution in [0, 0.1) is 16.7 Å². The van der Waals surface area contributed by atoms with E-state index >= 15 is 0 Å². The van der Waals surface area contributed by atoms with Crippen molar-refractivity contribution < 1.29 is 42.2 Å². The van der Waals surface area contributed by atoms with E-state index in [1.165, 1.54) is 0 Å². The molecule has 9 rings (SSSR count). The van der Waals surface area contributed by atoms with Gasteiger partial charge in [0.25, 0.3) is 24.1 Å². The minimum atomic E-state index is -2.83. The van der Waals surface area contributed by atoms with Crippen LogP contribution in [-0.2, 0) is 16.1 Å². The Hall–Kier alpha value is -6.19. The van der Waals surface area contributed by atoms with Crippen LogP contribution in [-0.4, -0.2) is 118 Å². The molecule has 1 unspecified atom stereocenters. The number of amides is 5. The molecule has 1 saturated carbocycles. The number of nitriles is 1. The Morgan fingerprint density at radius 2 is 1.73 bits per heavy atom. The van der Waals surface area contributed by atoms with E-state index in [0.29, 0.717) is 40.6 Å². The van der Waals surface area contributed by atoms with Gasteiger partial charge in [0.15, 0.2) is 11.5 Å². The first-order chi connectivity index (χ1) is 30.4. The molecule has 1 atom stereocenters. The van der Waals surface area contributed by atoms with Crippen molar-refractivity contribution in [1.29, 1.82) is 5.26 Å². The average Bonchev–Trinajstić information content (AvgIpc) is 3.70. The second-order valence-corrected chi connectivity index (χ2v) is 17.4. The zero-order chi connectivity index (χ0) is 44.0. The van der Waals surface area contributed by atoms with E-state index in [1.807, 2.05) is 12.1 Å². The van der Waals surface area contributed by atoms with Crippen molar-refractivity contribution in [3.8, 4) is 17.6 Å². The van der Waals surface area contributed by atoms with Gasteiger partial charge >= 0.3 is 0 Å². The number of benzene rings is 2. The summed E-state index contributed by atoms with van der Waals surface area (Å²) in [5.41, 5.74) is 0.846. The molecule has 19 heteroatoms. The smallest absolute Gasteiger partial charge is 0.278 e. The Labute approximate surface area is 365 Å². The normalized spacial score (nSPS) is 22.2. The standard InChI is InChI=1S/C44H44ClF2N9O7/c45-31-19-29(4-1-25(31)21-48)63-27-5-2-26(3-6-27)49-40(58)32-9-11-36(52-51-32)54-23-44(24-54)13-15-53(16-14-44)17-18-62-28-7-8-30-34(20-28)55(22-35(46)47)39-38(30)42(60)56(43(39)61)33-10-12-37(57)50-41(33)59/h1,4,7-9,11,19-20,26-27,33,35H,2-3,5-6,10,12-18,22-24H2,(H,49,58)(H,50,57,59). The molecule has 0 radical (unpaired) electrons. The molecule has 3 saturated heterocycles. The lowest BCUT2D eigenvalue weighted by Crippen LogP contribution is -2.61. The Morgan fingerprint density at radius 1 is 0.968 bits per heavy atom. The number of piperidine rings is 2. The van der Waals surface area contributed by atoms with E-state index in [9.17, 15) is 32.8 Å². The van der Waals surface area contributed by atoms with Crippen LogP contribution < -0.4 is 25.0 Å². The molecule has 328 valence electrons.